The number of hydrogen-bond acceptors (Lipinski definition) is 3. The maximum absolute atomic E-state index is 11.9. The van der Waals surface area contributed by atoms with E-state index in [0.29, 0.717) is 18.5 Å². The summed E-state index contributed by atoms with van der Waals surface area (Å²) < 4.78 is 5.22. The van der Waals surface area contributed by atoms with Crippen LogP contribution in [0.25, 0.3) is 0 Å². The van der Waals surface area contributed by atoms with Gasteiger partial charge in [-0.1, -0.05) is 13.3 Å². The molecule has 1 heterocycles. The Balaban J connectivity index is 1.89. The van der Waals surface area contributed by atoms with Gasteiger partial charge in [0.25, 0.3) is 5.91 Å². The summed E-state index contributed by atoms with van der Waals surface area (Å²) in [6, 6.07) is 1.69. The minimum absolute atomic E-state index is 0.102. The van der Waals surface area contributed by atoms with Crippen molar-refractivity contribution in [1.29, 1.82) is 0 Å². The number of rotatable bonds is 4. The number of nitrogens with one attached hydrogen (secondary N) is 1. The van der Waals surface area contributed by atoms with Crippen LogP contribution in [-0.4, -0.2) is 23.7 Å². The van der Waals surface area contributed by atoms with E-state index in [1.165, 1.54) is 6.26 Å². The van der Waals surface area contributed by atoms with Gasteiger partial charge in [0.15, 0.2) is 0 Å². The lowest BCUT2D eigenvalue weighted by atomic mass is 10.1. The number of carbonyl (C=O) groups is 1. The third-order valence-electron chi connectivity index (χ3n) is 3.45. The molecule has 0 aromatic carbocycles. The first-order valence-electron chi connectivity index (χ1n) is 6.25. The smallest absolute Gasteiger partial charge is 0.254 e. The fourth-order valence-corrected chi connectivity index (χ4v) is 2.39. The monoisotopic (exact) mass is 237 g/mol. The maximum atomic E-state index is 11.9. The van der Waals surface area contributed by atoms with E-state index in [-0.39, 0.29) is 17.9 Å². The quantitative estimate of drug-likeness (QED) is 0.838. The molecule has 0 radical (unpaired) electrons. The van der Waals surface area contributed by atoms with Crippen molar-refractivity contribution in [2.24, 2.45) is 5.92 Å². The zero-order chi connectivity index (χ0) is 12.3. The predicted octanol–water partition coefficient (Wildman–Crippen LogP) is 1.73. The summed E-state index contributed by atoms with van der Waals surface area (Å²) in [7, 11) is 0. The average molecular weight is 237 g/mol. The van der Waals surface area contributed by atoms with Crippen LogP contribution in [0, 0.1) is 5.92 Å². The van der Waals surface area contributed by atoms with Crippen LogP contribution in [0.15, 0.2) is 16.7 Å². The second-order valence-corrected chi connectivity index (χ2v) is 4.58. The largest absolute Gasteiger partial charge is 0.469 e. The van der Waals surface area contributed by atoms with Crippen LogP contribution in [0.2, 0.25) is 0 Å². The second kappa shape index (κ2) is 5.36. The third kappa shape index (κ3) is 2.69. The van der Waals surface area contributed by atoms with E-state index in [4.69, 9.17) is 4.42 Å². The van der Waals surface area contributed by atoms with Gasteiger partial charge in [-0.2, -0.15) is 0 Å². The Kier molecular flexibility index (Phi) is 3.84. The summed E-state index contributed by atoms with van der Waals surface area (Å²) in [6.07, 6.45) is 4.89. The van der Waals surface area contributed by atoms with Gasteiger partial charge in [0.05, 0.1) is 17.9 Å². The van der Waals surface area contributed by atoms with Crippen LogP contribution in [0.5, 0.6) is 0 Å². The molecule has 0 bridgehead atoms. The Morgan fingerprint density at radius 3 is 3.06 bits per heavy atom. The van der Waals surface area contributed by atoms with E-state index in [2.05, 4.69) is 5.32 Å². The van der Waals surface area contributed by atoms with Gasteiger partial charge < -0.3 is 14.8 Å². The summed E-state index contributed by atoms with van der Waals surface area (Å²) in [4.78, 5) is 11.9. The van der Waals surface area contributed by atoms with Crippen molar-refractivity contribution in [3.63, 3.8) is 0 Å². The summed E-state index contributed by atoms with van der Waals surface area (Å²) in [6.45, 7) is 2.50. The van der Waals surface area contributed by atoms with Crippen LogP contribution in [0.1, 0.15) is 42.3 Å². The first-order valence-corrected chi connectivity index (χ1v) is 6.25. The van der Waals surface area contributed by atoms with E-state index in [0.717, 1.165) is 25.0 Å². The Bertz CT molecular complexity index is 386. The molecule has 4 nitrogen and oxygen atoms in total. The standard InChI is InChI=1S/C13H19NO3/c1-2-12-10(6-7-17-12)13(16)14-8-9-4-3-5-11(9)15/h6-7,9,11,15H,2-5,8H2,1H3,(H,14,16). The molecular formula is C13H19NO3. The van der Waals surface area contributed by atoms with Gasteiger partial charge in [0.1, 0.15) is 5.76 Å². The zero-order valence-electron chi connectivity index (χ0n) is 10.1. The van der Waals surface area contributed by atoms with Gasteiger partial charge >= 0.3 is 0 Å². The van der Waals surface area contributed by atoms with E-state index >= 15 is 0 Å². The van der Waals surface area contributed by atoms with Gasteiger partial charge in [-0.25, -0.2) is 0 Å². The number of aryl methyl sites for hydroxylation is 1. The zero-order valence-corrected chi connectivity index (χ0v) is 10.1. The van der Waals surface area contributed by atoms with Crippen molar-refractivity contribution < 1.29 is 14.3 Å². The lowest BCUT2D eigenvalue weighted by Gasteiger charge is -2.14. The molecule has 1 amide bonds. The number of aliphatic hydroxyl groups is 1. The molecule has 2 N–H and O–H groups in total. The van der Waals surface area contributed by atoms with Gasteiger partial charge in [0.2, 0.25) is 0 Å². The highest BCUT2D eigenvalue weighted by Gasteiger charge is 2.25. The van der Waals surface area contributed by atoms with Crippen LogP contribution in [0.4, 0.5) is 0 Å². The number of amides is 1. The Morgan fingerprint density at radius 2 is 2.41 bits per heavy atom. The SMILES string of the molecule is CCc1occc1C(=O)NCC1CCCC1O. The molecule has 0 aliphatic heterocycles. The molecule has 0 spiro atoms. The van der Waals surface area contributed by atoms with Gasteiger partial charge in [-0.3, -0.25) is 4.79 Å². The fourth-order valence-electron chi connectivity index (χ4n) is 2.39. The molecule has 2 atom stereocenters. The highest BCUT2D eigenvalue weighted by Crippen LogP contribution is 2.24. The minimum atomic E-state index is -0.259. The van der Waals surface area contributed by atoms with E-state index < -0.39 is 0 Å². The molecule has 1 aliphatic carbocycles. The Morgan fingerprint density at radius 1 is 1.59 bits per heavy atom. The highest BCUT2D eigenvalue weighted by atomic mass is 16.3. The highest BCUT2D eigenvalue weighted by molar-refractivity contribution is 5.95. The Hall–Kier alpha value is -1.29. The summed E-state index contributed by atoms with van der Waals surface area (Å²) in [5, 5.41) is 12.5. The summed E-state index contributed by atoms with van der Waals surface area (Å²) >= 11 is 0. The lowest BCUT2D eigenvalue weighted by Crippen LogP contribution is -2.32. The molecule has 4 heteroatoms. The van der Waals surface area contributed by atoms with Crippen molar-refractivity contribution in [3.8, 4) is 0 Å². The van der Waals surface area contributed by atoms with Crippen molar-refractivity contribution in [1.82, 2.24) is 5.32 Å². The first kappa shape index (κ1) is 12.2. The molecule has 1 aromatic heterocycles. The molecule has 1 aromatic rings. The summed E-state index contributed by atoms with van der Waals surface area (Å²) in [5.41, 5.74) is 0.611. The number of hydrogen-bond donors (Lipinski definition) is 2. The molecule has 1 saturated carbocycles. The molecule has 0 saturated heterocycles. The number of furan rings is 1. The minimum Gasteiger partial charge on any atom is -0.469 e. The fraction of sp³-hybridized carbons (Fsp3) is 0.615. The van der Waals surface area contributed by atoms with Crippen molar-refractivity contribution in [3.05, 3.63) is 23.7 Å². The molecule has 1 aliphatic rings. The van der Waals surface area contributed by atoms with E-state index in [9.17, 15) is 9.90 Å². The number of carbonyl (C=O) groups excluding carboxylic acids is 1. The van der Waals surface area contributed by atoms with Crippen LogP contribution < -0.4 is 5.32 Å². The lowest BCUT2D eigenvalue weighted by molar-refractivity contribution is 0.0915. The van der Waals surface area contributed by atoms with Gasteiger partial charge in [-0.05, 0) is 18.9 Å². The summed E-state index contributed by atoms with van der Waals surface area (Å²) in [5.74, 6) is 0.820. The third-order valence-corrected chi connectivity index (χ3v) is 3.45. The molecule has 2 unspecified atom stereocenters. The molecule has 2 rings (SSSR count). The molecular weight excluding hydrogens is 218 g/mol. The van der Waals surface area contributed by atoms with E-state index in [1.54, 1.807) is 6.07 Å². The van der Waals surface area contributed by atoms with Crippen LogP contribution >= 0.6 is 0 Å². The van der Waals surface area contributed by atoms with Gasteiger partial charge in [-0.15, -0.1) is 0 Å². The van der Waals surface area contributed by atoms with E-state index in [1.807, 2.05) is 6.92 Å². The van der Waals surface area contributed by atoms with Gasteiger partial charge in [0, 0.05) is 18.9 Å². The van der Waals surface area contributed by atoms with Crippen molar-refractivity contribution in [2.75, 3.05) is 6.54 Å². The molecule has 94 valence electrons. The van der Waals surface area contributed by atoms with Crippen molar-refractivity contribution >= 4 is 5.91 Å². The van der Waals surface area contributed by atoms with Crippen LogP contribution in [0.3, 0.4) is 0 Å². The maximum Gasteiger partial charge on any atom is 0.254 e. The number of aliphatic hydroxyl groups excluding tert-OH is 1. The first-order chi connectivity index (χ1) is 8.22. The Labute approximate surface area is 101 Å². The molecule has 1 fully saturated rings. The van der Waals surface area contributed by atoms with Crippen LogP contribution in [-0.2, 0) is 6.42 Å². The van der Waals surface area contributed by atoms with Crippen molar-refractivity contribution in [2.45, 2.75) is 38.7 Å². The average Bonchev–Trinajstić information content (AvgIpc) is 2.94. The molecule has 17 heavy (non-hydrogen) atoms. The second-order valence-electron chi connectivity index (χ2n) is 4.58. The normalized spacial score (nSPS) is 23.9. The topological polar surface area (TPSA) is 62.5 Å². The predicted molar refractivity (Wildman–Crippen MR) is 63.8 cm³/mol.